The SMILES string of the molecule is COC1=CC(O)c2c(c(COC(=O)CCC(=O)O)c(C)n2C)C1O. The van der Waals surface area contributed by atoms with Gasteiger partial charge in [0.25, 0.3) is 0 Å². The van der Waals surface area contributed by atoms with Crippen molar-refractivity contribution in [3.63, 3.8) is 0 Å². The normalized spacial score (nSPS) is 19.5. The molecule has 1 aliphatic rings. The number of hydrogen-bond donors (Lipinski definition) is 3. The van der Waals surface area contributed by atoms with Gasteiger partial charge in [-0.2, -0.15) is 0 Å². The molecule has 1 heterocycles. The highest BCUT2D eigenvalue weighted by Gasteiger charge is 2.34. The smallest absolute Gasteiger partial charge is 0.306 e. The highest BCUT2D eigenvalue weighted by molar-refractivity contribution is 5.76. The fraction of sp³-hybridized carbons (Fsp3) is 0.500. The molecular weight excluding hydrogens is 318 g/mol. The number of methoxy groups -OCH3 is 1. The topological polar surface area (TPSA) is 118 Å². The van der Waals surface area contributed by atoms with Gasteiger partial charge in [0.1, 0.15) is 24.6 Å². The van der Waals surface area contributed by atoms with Crippen molar-refractivity contribution in [2.45, 2.75) is 38.6 Å². The zero-order chi connectivity index (χ0) is 18.0. The standard InChI is InChI=1S/C16H21NO7/c1-8-9(7-24-13(21)5-4-12(19)20)14-15(17(8)2)10(18)6-11(23-3)16(14)22/h6,10,16,18,22H,4-5,7H2,1-3H3,(H,19,20). The molecule has 1 aliphatic carbocycles. The molecule has 0 spiro atoms. The van der Waals surface area contributed by atoms with Gasteiger partial charge < -0.3 is 29.4 Å². The van der Waals surface area contributed by atoms with Crippen molar-refractivity contribution >= 4 is 11.9 Å². The zero-order valence-electron chi connectivity index (χ0n) is 13.8. The van der Waals surface area contributed by atoms with E-state index in [1.165, 1.54) is 13.2 Å². The molecule has 24 heavy (non-hydrogen) atoms. The lowest BCUT2D eigenvalue weighted by Gasteiger charge is -2.24. The molecule has 1 aromatic heterocycles. The number of hydrogen-bond acceptors (Lipinski definition) is 6. The lowest BCUT2D eigenvalue weighted by molar-refractivity contribution is -0.148. The molecule has 8 nitrogen and oxygen atoms in total. The number of carbonyl (C=O) groups is 2. The highest BCUT2D eigenvalue weighted by Crippen LogP contribution is 2.40. The minimum atomic E-state index is -1.08. The molecule has 0 radical (unpaired) electrons. The summed E-state index contributed by atoms with van der Waals surface area (Å²) in [6.07, 6.45) is -1.12. The maximum absolute atomic E-state index is 11.6. The third-order valence-electron chi connectivity index (χ3n) is 4.20. The van der Waals surface area contributed by atoms with Crippen LogP contribution in [0.4, 0.5) is 0 Å². The molecule has 0 saturated heterocycles. The molecule has 0 fully saturated rings. The lowest BCUT2D eigenvalue weighted by atomic mass is 9.94. The first-order valence-corrected chi connectivity index (χ1v) is 7.45. The summed E-state index contributed by atoms with van der Waals surface area (Å²) in [5.41, 5.74) is 2.27. The van der Waals surface area contributed by atoms with E-state index in [1.54, 1.807) is 18.5 Å². The van der Waals surface area contributed by atoms with Crippen LogP contribution in [-0.4, -0.2) is 38.9 Å². The summed E-state index contributed by atoms with van der Waals surface area (Å²) < 4.78 is 11.9. The number of aliphatic hydroxyl groups is 2. The molecule has 0 amide bonds. The Kier molecular flexibility index (Phi) is 5.30. The first-order valence-electron chi connectivity index (χ1n) is 7.45. The average molecular weight is 339 g/mol. The van der Waals surface area contributed by atoms with Gasteiger partial charge in [-0.25, -0.2) is 0 Å². The molecule has 2 rings (SSSR count). The van der Waals surface area contributed by atoms with Crippen LogP contribution in [0.5, 0.6) is 0 Å². The van der Waals surface area contributed by atoms with Crippen molar-refractivity contribution in [2.24, 2.45) is 7.05 Å². The summed E-state index contributed by atoms with van der Waals surface area (Å²) in [4.78, 5) is 22.1. The third kappa shape index (κ3) is 3.29. The Balaban J connectivity index is 2.25. The number of rotatable bonds is 6. The molecule has 8 heteroatoms. The van der Waals surface area contributed by atoms with Crippen molar-refractivity contribution in [1.82, 2.24) is 4.57 Å². The van der Waals surface area contributed by atoms with Gasteiger partial charge in [0.2, 0.25) is 0 Å². The molecule has 2 atom stereocenters. The van der Waals surface area contributed by atoms with Gasteiger partial charge in [-0.1, -0.05) is 0 Å². The summed E-state index contributed by atoms with van der Waals surface area (Å²) >= 11 is 0. The summed E-state index contributed by atoms with van der Waals surface area (Å²) in [5.74, 6) is -1.49. The number of ether oxygens (including phenoxy) is 2. The first-order chi connectivity index (χ1) is 11.3. The van der Waals surface area contributed by atoms with E-state index in [1.807, 2.05) is 0 Å². The first kappa shape index (κ1) is 18.0. The van der Waals surface area contributed by atoms with Gasteiger partial charge in [0, 0.05) is 23.9 Å². The Morgan fingerprint density at radius 2 is 1.96 bits per heavy atom. The van der Waals surface area contributed by atoms with Gasteiger partial charge in [0.15, 0.2) is 0 Å². The van der Waals surface area contributed by atoms with E-state index in [2.05, 4.69) is 0 Å². The van der Waals surface area contributed by atoms with Crippen molar-refractivity contribution in [3.05, 3.63) is 34.3 Å². The fourth-order valence-corrected chi connectivity index (χ4v) is 2.84. The van der Waals surface area contributed by atoms with Crippen LogP contribution >= 0.6 is 0 Å². The minimum absolute atomic E-state index is 0.117. The van der Waals surface area contributed by atoms with Crippen LogP contribution in [0.1, 0.15) is 47.6 Å². The second kappa shape index (κ2) is 7.06. The summed E-state index contributed by atoms with van der Waals surface area (Å²) in [6, 6.07) is 0. The Morgan fingerprint density at radius 1 is 1.29 bits per heavy atom. The molecule has 0 aliphatic heterocycles. The molecule has 3 N–H and O–H groups in total. The number of carboxylic acids is 1. The van der Waals surface area contributed by atoms with Crippen LogP contribution in [0.3, 0.4) is 0 Å². The number of nitrogens with zero attached hydrogens (tertiary/aromatic N) is 1. The minimum Gasteiger partial charge on any atom is -0.498 e. The Hall–Kier alpha value is -2.32. The van der Waals surface area contributed by atoms with Gasteiger partial charge >= 0.3 is 11.9 Å². The molecule has 1 aromatic rings. The van der Waals surface area contributed by atoms with Crippen LogP contribution in [0.25, 0.3) is 0 Å². The van der Waals surface area contributed by atoms with Gasteiger partial charge in [-0.05, 0) is 13.0 Å². The summed E-state index contributed by atoms with van der Waals surface area (Å²) in [6.45, 7) is 1.67. The molecule has 0 aromatic carbocycles. The van der Waals surface area contributed by atoms with E-state index in [9.17, 15) is 19.8 Å². The van der Waals surface area contributed by atoms with Gasteiger partial charge in [-0.15, -0.1) is 0 Å². The number of aliphatic hydroxyl groups excluding tert-OH is 2. The Morgan fingerprint density at radius 3 is 2.54 bits per heavy atom. The Bertz CT molecular complexity index is 689. The zero-order valence-corrected chi connectivity index (χ0v) is 13.8. The number of aromatic nitrogens is 1. The predicted molar refractivity (Wildman–Crippen MR) is 81.8 cm³/mol. The van der Waals surface area contributed by atoms with E-state index in [4.69, 9.17) is 14.6 Å². The van der Waals surface area contributed by atoms with Gasteiger partial charge in [-0.3, -0.25) is 9.59 Å². The van der Waals surface area contributed by atoms with Gasteiger partial charge in [0.05, 0.1) is 25.6 Å². The second-order valence-corrected chi connectivity index (χ2v) is 5.60. The number of aliphatic carboxylic acids is 1. The lowest BCUT2D eigenvalue weighted by Crippen LogP contribution is -2.17. The van der Waals surface area contributed by atoms with Crippen LogP contribution in [0.2, 0.25) is 0 Å². The summed E-state index contributed by atoms with van der Waals surface area (Å²) in [7, 11) is 3.14. The van der Waals surface area contributed by atoms with Crippen LogP contribution in [-0.2, 0) is 32.7 Å². The van der Waals surface area contributed by atoms with Crippen LogP contribution in [0, 0.1) is 6.92 Å². The van der Waals surface area contributed by atoms with Crippen molar-refractivity contribution in [3.8, 4) is 0 Å². The molecule has 0 bridgehead atoms. The second-order valence-electron chi connectivity index (χ2n) is 5.60. The van der Waals surface area contributed by atoms with Crippen molar-refractivity contribution < 1.29 is 34.4 Å². The van der Waals surface area contributed by atoms with Crippen molar-refractivity contribution in [1.29, 1.82) is 0 Å². The van der Waals surface area contributed by atoms with E-state index in [0.717, 1.165) is 5.69 Å². The summed E-state index contributed by atoms with van der Waals surface area (Å²) in [5, 5.41) is 29.3. The monoisotopic (exact) mass is 339 g/mol. The Labute approximate surface area is 138 Å². The molecule has 0 saturated carbocycles. The highest BCUT2D eigenvalue weighted by atomic mass is 16.5. The van der Waals surface area contributed by atoms with Crippen LogP contribution in [0.15, 0.2) is 11.8 Å². The quantitative estimate of drug-likeness (QED) is 0.658. The largest absolute Gasteiger partial charge is 0.498 e. The van der Waals surface area contributed by atoms with E-state index in [0.29, 0.717) is 16.8 Å². The number of carbonyl (C=O) groups excluding carboxylic acids is 1. The molecule has 132 valence electrons. The molecular formula is C16H21NO7. The van der Waals surface area contributed by atoms with Crippen molar-refractivity contribution in [2.75, 3.05) is 7.11 Å². The number of esters is 1. The van der Waals surface area contributed by atoms with Crippen LogP contribution < -0.4 is 0 Å². The van der Waals surface area contributed by atoms with E-state index in [-0.39, 0.29) is 25.2 Å². The number of carboxylic acid groups (broad SMARTS) is 1. The number of fused-ring (bicyclic) bond motifs is 1. The van der Waals surface area contributed by atoms with E-state index >= 15 is 0 Å². The maximum atomic E-state index is 11.6. The van der Waals surface area contributed by atoms with E-state index < -0.39 is 24.1 Å². The maximum Gasteiger partial charge on any atom is 0.306 e. The fourth-order valence-electron chi connectivity index (χ4n) is 2.84. The average Bonchev–Trinajstić information content (AvgIpc) is 2.79. The molecule has 2 unspecified atom stereocenters. The third-order valence-corrected chi connectivity index (χ3v) is 4.20. The predicted octanol–water partition coefficient (Wildman–Crippen LogP) is 0.852.